The molecule has 1 aromatic rings. The van der Waals surface area contributed by atoms with E-state index >= 15 is 0 Å². The second kappa shape index (κ2) is 34.4. The standard InChI is InChI=1S/C43H82N2/c1-4-7-9-11-13-15-17-19-21-23-25-27-29-31-33-35-38-41-40-42(45-43(44-41)37-6-3)39-36-34-32-30-28-26-24-22-20-18-16-14-12-10-8-5-2/h40H,4-39H2,1-3H3. The van der Waals surface area contributed by atoms with Gasteiger partial charge in [-0.05, 0) is 38.2 Å². The van der Waals surface area contributed by atoms with E-state index < -0.39 is 0 Å². The van der Waals surface area contributed by atoms with Gasteiger partial charge in [-0.3, -0.25) is 0 Å². The second-order valence-electron chi connectivity index (χ2n) is 14.6. The van der Waals surface area contributed by atoms with Gasteiger partial charge in [0.2, 0.25) is 0 Å². The van der Waals surface area contributed by atoms with Gasteiger partial charge in [-0.25, -0.2) is 9.97 Å². The molecule has 0 aliphatic carbocycles. The van der Waals surface area contributed by atoms with Crippen LogP contribution in [0.1, 0.15) is 250 Å². The van der Waals surface area contributed by atoms with E-state index in [9.17, 15) is 0 Å². The van der Waals surface area contributed by atoms with Crippen LogP contribution in [0.4, 0.5) is 0 Å². The van der Waals surface area contributed by atoms with E-state index in [-0.39, 0.29) is 0 Å². The third-order valence-corrected chi connectivity index (χ3v) is 9.93. The van der Waals surface area contributed by atoms with E-state index in [2.05, 4.69) is 26.8 Å². The fourth-order valence-corrected chi connectivity index (χ4v) is 6.91. The molecule has 1 heterocycles. The Morgan fingerprint density at radius 1 is 0.289 bits per heavy atom. The molecule has 264 valence electrons. The highest BCUT2D eigenvalue weighted by molar-refractivity contribution is 5.12. The molecule has 0 aromatic carbocycles. The summed E-state index contributed by atoms with van der Waals surface area (Å²) in [6.07, 6.45) is 50.2. The van der Waals surface area contributed by atoms with Crippen LogP contribution in [-0.4, -0.2) is 9.97 Å². The highest BCUT2D eigenvalue weighted by Gasteiger charge is 2.06. The summed E-state index contributed by atoms with van der Waals surface area (Å²) in [5.74, 6) is 1.10. The van der Waals surface area contributed by atoms with Crippen LogP contribution in [0.3, 0.4) is 0 Å². The number of unbranched alkanes of at least 4 members (excludes halogenated alkanes) is 30. The van der Waals surface area contributed by atoms with Gasteiger partial charge in [-0.15, -0.1) is 0 Å². The zero-order valence-electron chi connectivity index (χ0n) is 31.4. The van der Waals surface area contributed by atoms with Crippen molar-refractivity contribution >= 4 is 0 Å². The first kappa shape index (κ1) is 42.1. The van der Waals surface area contributed by atoms with E-state index in [1.165, 1.54) is 217 Å². The van der Waals surface area contributed by atoms with Crippen molar-refractivity contribution in [1.82, 2.24) is 9.97 Å². The third-order valence-electron chi connectivity index (χ3n) is 9.93. The molecule has 0 bridgehead atoms. The van der Waals surface area contributed by atoms with Crippen molar-refractivity contribution in [2.75, 3.05) is 0 Å². The van der Waals surface area contributed by atoms with E-state index in [0.717, 1.165) is 31.5 Å². The minimum absolute atomic E-state index is 1.03. The molecule has 1 rings (SSSR count). The smallest absolute Gasteiger partial charge is 0.128 e. The Kier molecular flexibility index (Phi) is 32.2. The van der Waals surface area contributed by atoms with Gasteiger partial charge in [-0.2, -0.15) is 0 Å². The Hall–Kier alpha value is -0.920. The highest BCUT2D eigenvalue weighted by Crippen LogP contribution is 2.17. The number of aromatic nitrogens is 2. The SMILES string of the molecule is CCCCCCCCCCCCCCCCCCc1cc(CCCCCCCCCCCCCCCCCC)nc(CCC)n1. The zero-order valence-corrected chi connectivity index (χ0v) is 31.4. The third kappa shape index (κ3) is 29.0. The second-order valence-corrected chi connectivity index (χ2v) is 14.6. The molecule has 0 unspecified atom stereocenters. The fraction of sp³-hybridized carbons (Fsp3) is 0.907. The molecule has 2 nitrogen and oxygen atoms in total. The summed E-state index contributed by atoms with van der Waals surface area (Å²) in [5, 5.41) is 0. The van der Waals surface area contributed by atoms with Crippen LogP contribution in [0, 0.1) is 0 Å². The Bertz CT molecular complexity index is 660. The molecule has 1 aromatic heterocycles. The molecule has 45 heavy (non-hydrogen) atoms. The molecule has 0 amide bonds. The summed E-state index contributed by atoms with van der Waals surface area (Å²) >= 11 is 0. The van der Waals surface area contributed by atoms with E-state index in [1.54, 1.807) is 0 Å². The lowest BCUT2D eigenvalue weighted by Crippen LogP contribution is -2.04. The minimum atomic E-state index is 1.03. The Labute approximate surface area is 284 Å². The predicted octanol–water partition coefficient (Wildman–Crippen LogP) is 15.0. The average molecular weight is 627 g/mol. The van der Waals surface area contributed by atoms with E-state index in [1.807, 2.05) is 0 Å². The van der Waals surface area contributed by atoms with Gasteiger partial charge in [0.05, 0.1) is 0 Å². The summed E-state index contributed by atoms with van der Waals surface area (Å²) in [4.78, 5) is 9.89. The van der Waals surface area contributed by atoms with Gasteiger partial charge in [0.1, 0.15) is 5.82 Å². The molecule has 0 aliphatic rings. The van der Waals surface area contributed by atoms with Crippen LogP contribution in [0.25, 0.3) is 0 Å². The first-order valence-corrected chi connectivity index (χ1v) is 21.2. The lowest BCUT2D eigenvalue weighted by molar-refractivity contribution is 0.528. The summed E-state index contributed by atoms with van der Waals surface area (Å²) in [6.45, 7) is 6.86. The Morgan fingerprint density at radius 2 is 0.533 bits per heavy atom. The molecule has 2 heteroatoms. The number of rotatable bonds is 36. The highest BCUT2D eigenvalue weighted by atomic mass is 14.9. The van der Waals surface area contributed by atoms with E-state index in [0.29, 0.717) is 0 Å². The maximum Gasteiger partial charge on any atom is 0.128 e. The minimum Gasteiger partial charge on any atom is -0.238 e. The maximum absolute atomic E-state index is 4.94. The molecule has 0 aliphatic heterocycles. The number of hydrogen-bond donors (Lipinski definition) is 0. The summed E-state index contributed by atoms with van der Waals surface area (Å²) in [7, 11) is 0. The van der Waals surface area contributed by atoms with Crippen LogP contribution >= 0.6 is 0 Å². The molecular weight excluding hydrogens is 544 g/mol. The molecule has 0 N–H and O–H groups in total. The van der Waals surface area contributed by atoms with Crippen LogP contribution in [0.15, 0.2) is 6.07 Å². The van der Waals surface area contributed by atoms with Crippen LogP contribution in [0.5, 0.6) is 0 Å². The molecule has 0 fully saturated rings. The topological polar surface area (TPSA) is 25.8 Å². The zero-order chi connectivity index (χ0) is 32.3. The van der Waals surface area contributed by atoms with E-state index in [4.69, 9.17) is 9.97 Å². The van der Waals surface area contributed by atoms with Gasteiger partial charge < -0.3 is 0 Å². The normalized spacial score (nSPS) is 11.5. The van der Waals surface area contributed by atoms with Crippen molar-refractivity contribution in [3.8, 4) is 0 Å². The monoisotopic (exact) mass is 627 g/mol. The predicted molar refractivity (Wildman–Crippen MR) is 203 cm³/mol. The number of aryl methyl sites for hydroxylation is 3. The van der Waals surface area contributed by atoms with Gasteiger partial charge in [-0.1, -0.05) is 213 Å². The van der Waals surface area contributed by atoms with Crippen molar-refractivity contribution in [2.45, 2.75) is 252 Å². The van der Waals surface area contributed by atoms with Crippen LogP contribution in [-0.2, 0) is 19.3 Å². The first-order valence-electron chi connectivity index (χ1n) is 21.2. The van der Waals surface area contributed by atoms with Crippen LogP contribution < -0.4 is 0 Å². The first-order chi connectivity index (χ1) is 22.3. The van der Waals surface area contributed by atoms with Crippen molar-refractivity contribution in [1.29, 1.82) is 0 Å². The summed E-state index contributed by atoms with van der Waals surface area (Å²) in [5.41, 5.74) is 2.62. The largest absolute Gasteiger partial charge is 0.238 e. The lowest BCUT2D eigenvalue weighted by atomic mass is 10.0. The number of hydrogen-bond acceptors (Lipinski definition) is 2. The molecule has 0 radical (unpaired) electrons. The Morgan fingerprint density at radius 3 is 0.778 bits per heavy atom. The average Bonchev–Trinajstić information content (AvgIpc) is 3.04. The molecule has 0 spiro atoms. The van der Waals surface area contributed by atoms with Gasteiger partial charge in [0.15, 0.2) is 0 Å². The fourth-order valence-electron chi connectivity index (χ4n) is 6.91. The van der Waals surface area contributed by atoms with Gasteiger partial charge in [0.25, 0.3) is 0 Å². The van der Waals surface area contributed by atoms with Crippen molar-refractivity contribution in [2.24, 2.45) is 0 Å². The van der Waals surface area contributed by atoms with Crippen molar-refractivity contribution in [3.05, 3.63) is 23.3 Å². The van der Waals surface area contributed by atoms with Crippen molar-refractivity contribution in [3.63, 3.8) is 0 Å². The Balaban J connectivity index is 2.02. The van der Waals surface area contributed by atoms with Gasteiger partial charge >= 0.3 is 0 Å². The van der Waals surface area contributed by atoms with Crippen LogP contribution in [0.2, 0.25) is 0 Å². The maximum atomic E-state index is 4.94. The lowest BCUT2D eigenvalue weighted by Gasteiger charge is -2.09. The molecule has 0 saturated carbocycles. The van der Waals surface area contributed by atoms with Gasteiger partial charge in [0, 0.05) is 17.8 Å². The quantitative estimate of drug-likeness (QED) is 0.0692. The summed E-state index contributed by atoms with van der Waals surface area (Å²) < 4.78 is 0. The molecule has 0 saturated heterocycles. The summed E-state index contributed by atoms with van der Waals surface area (Å²) in [6, 6.07) is 2.34. The van der Waals surface area contributed by atoms with Crippen molar-refractivity contribution < 1.29 is 0 Å². The molecular formula is C43H82N2. The number of nitrogens with zero attached hydrogens (tertiary/aromatic N) is 2. The molecule has 0 atom stereocenters.